The monoisotopic (exact) mass is 266 g/mol. The molecule has 0 fully saturated rings. The molecule has 0 aliphatic rings. The predicted octanol–water partition coefficient (Wildman–Crippen LogP) is 3.52. The summed E-state index contributed by atoms with van der Waals surface area (Å²) in [5.41, 5.74) is 0. The molecule has 3 nitrogen and oxygen atoms in total. The maximum absolute atomic E-state index is 10.3. The molecule has 0 saturated heterocycles. The molecule has 0 aliphatic carbocycles. The number of aliphatic hydroxyl groups is 1. The van der Waals surface area contributed by atoms with Gasteiger partial charge < -0.3 is 10.2 Å². The van der Waals surface area contributed by atoms with Gasteiger partial charge in [-0.2, -0.15) is 0 Å². The lowest BCUT2D eigenvalue weighted by Crippen LogP contribution is -2.00. The molecule has 0 aliphatic heterocycles. The number of aliphatic hydroxyl groups excluding tert-OH is 1. The number of allylic oxidation sites excluding steroid dienone is 1. The van der Waals surface area contributed by atoms with Crippen molar-refractivity contribution in [3.63, 3.8) is 0 Å². The van der Waals surface area contributed by atoms with Crippen LogP contribution in [0.4, 0.5) is 0 Å². The van der Waals surface area contributed by atoms with Gasteiger partial charge in [-0.15, -0.1) is 0 Å². The van der Waals surface area contributed by atoms with Gasteiger partial charge in [-0.1, -0.05) is 44.4 Å². The van der Waals surface area contributed by atoms with Crippen LogP contribution in [0.5, 0.6) is 0 Å². The van der Waals surface area contributed by atoms with Gasteiger partial charge in [-0.25, -0.2) is 0 Å². The highest BCUT2D eigenvalue weighted by Gasteiger charge is 1.97. The fourth-order valence-corrected chi connectivity index (χ4v) is 1.66. The summed E-state index contributed by atoms with van der Waals surface area (Å²) in [5, 5.41) is 18.0. The number of carboxylic acids is 1. The predicted molar refractivity (Wildman–Crippen MR) is 77.8 cm³/mol. The van der Waals surface area contributed by atoms with E-state index in [-0.39, 0.29) is 12.5 Å². The number of hydrogen-bond acceptors (Lipinski definition) is 2. The molecule has 0 aromatic heterocycles. The van der Waals surface area contributed by atoms with Crippen molar-refractivity contribution in [3.05, 3.63) is 12.2 Å². The molecule has 0 bridgehead atoms. The topological polar surface area (TPSA) is 57.5 Å². The molecule has 0 heterocycles. The van der Waals surface area contributed by atoms with Gasteiger partial charge in [-0.3, -0.25) is 4.79 Å². The first kappa shape index (κ1) is 17.7. The summed E-state index contributed by atoms with van der Waals surface area (Å²) < 4.78 is 0. The third kappa shape index (κ3) is 14.7. The fraction of sp³-hybridized carbons (Fsp3) is 0.688. The summed E-state index contributed by atoms with van der Waals surface area (Å²) in [4.78, 5) is 10.3. The average Bonchev–Trinajstić information content (AvgIpc) is 2.36. The summed E-state index contributed by atoms with van der Waals surface area (Å²) in [5.74, 6) is 5.17. The van der Waals surface area contributed by atoms with E-state index in [1.165, 1.54) is 0 Å². The average molecular weight is 266 g/mol. The Hall–Kier alpha value is -1.27. The molecule has 0 aromatic rings. The first-order valence-corrected chi connectivity index (χ1v) is 7.21. The largest absolute Gasteiger partial charge is 0.481 e. The first-order valence-electron chi connectivity index (χ1n) is 7.21. The van der Waals surface area contributed by atoms with Crippen LogP contribution >= 0.6 is 0 Å². The summed E-state index contributed by atoms with van der Waals surface area (Å²) in [6.07, 6.45) is 10.9. The minimum absolute atomic E-state index is 0.247. The van der Waals surface area contributed by atoms with Crippen LogP contribution in [-0.2, 0) is 4.79 Å². The minimum Gasteiger partial charge on any atom is -0.481 e. The van der Waals surface area contributed by atoms with Gasteiger partial charge in [0.15, 0.2) is 0 Å². The lowest BCUT2D eigenvalue weighted by atomic mass is 10.1. The fourth-order valence-electron chi connectivity index (χ4n) is 1.66. The number of unbranched alkanes of at least 4 members (excludes halogenated alkanes) is 5. The number of carbonyl (C=O) groups is 1. The quantitative estimate of drug-likeness (QED) is 0.470. The van der Waals surface area contributed by atoms with E-state index in [1.807, 2.05) is 0 Å². The highest BCUT2D eigenvalue weighted by Crippen LogP contribution is 2.04. The summed E-state index contributed by atoms with van der Waals surface area (Å²) in [6.45, 7) is 2.14. The highest BCUT2D eigenvalue weighted by molar-refractivity contribution is 5.66. The van der Waals surface area contributed by atoms with Gasteiger partial charge in [0, 0.05) is 12.8 Å². The Kier molecular flexibility index (Phi) is 12.3. The van der Waals surface area contributed by atoms with Gasteiger partial charge in [-0.05, 0) is 31.4 Å². The van der Waals surface area contributed by atoms with E-state index in [0.29, 0.717) is 0 Å². The molecule has 0 saturated carbocycles. The molecule has 19 heavy (non-hydrogen) atoms. The van der Waals surface area contributed by atoms with Crippen LogP contribution in [0.2, 0.25) is 0 Å². The zero-order valence-corrected chi connectivity index (χ0v) is 11.9. The molecule has 3 heteroatoms. The van der Waals surface area contributed by atoms with Crippen molar-refractivity contribution in [2.75, 3.05) is 0 Å². The van der Waals surface area contributed by atoms with Gasteiger partial charge in [0.05, 0.1) is 6.10 Å². The van der Waals surface area contributed by atoms with Crippen molar-refractivity contribution < 1.29 is 15.0 Å². The van der Waals surface area contributed by atoms with Gasteiger partial charge in [0.25, 0.3) is 0 Å². The summed E-state index contributed by atoms with van der Waals surface area (Å²) in [7, 11) is 0. The van der Waals surface area contributed by atoms with E-state index < -0.39 is 5.97 Å². The Morgan fingerprint density at radius 3 is 2.68 bits per heavy atom. The first-order chi connectivity index (χ1) is 9.16. The van der Waals surface area contributed by atoms with Gasteiger partial charge >= 0.3 is 5.97 Å². The number of aliphatic carboxylic acids is 1. The van der Waals surface area contributed by atoms with Gasteiger partial charge in [0.2, 0.25) is 0 Å². The standard InChI is InChI=1S/C16H26O3/c1-2-3-9-12-15(17)13-10-7-5-4-6-8-11-14-16(18)19/h10,13,15,17H,2-4,6,8-9,11-12,14H2,1H3,(H,18,19)/b13-10+/t15-/m0/s1. The minimum atomic E-state index is -0.730. The third-order valence-electron chi connectivity index (χ3n) is 2.80. The Morgan fingerprint density at radius 1 is 1.21 bits per heavy atom. The van der Waals surface area contributed by atoms with Crippen LogP contribution in [-0.4, -0.2) is 22.3 Å². The van der Waals surface area contributed by atoms with Crippen molar-refractivity contribution in [2.45, 2.75) is 70.8 Å². The van der Waals surface area contributed by atoms with Gasteiger partial charge in [0.1, 0.15) is 0 Å². The molecule has 0 spiro atoms. The molecule has 2 N–H and O–H groups in total. The van der Waals surface area contributed by atoms with Crippen molar-refractivity contribution >= 4 is 5.97 Å². The number of carboxylic acid groups (broad SMARTS) is 1. The molecule has 0 unspecified atom stereocenters. The van der Waals surface area contributed by atoms with Crippen molar-refractivity contribution in [2.24, 2.45) is 0 Å². The van der Waals surface area contributed by atoms with Crippen LogP contribution < -0.4 is 0 Å². The molecule has 0 amide bonds. The van der Waals surface area contributed by atoms with E-state index in [0.717, 1.165) is 51.4 Å². The van der Waals surface area contributed by atoms with E-state index in [9.17, 15) is 9.90 Å². The summed E-state index contributed by atoms with van der Waals surface area (Å²) >= 11 is 0. The van der Waals surface area contributed by atoms with Crippen molar-refractivity contribution in [1.82, 2.24) is 0 Å². The van der Waals surface area contributed by atoms with E-state index in [1.54, 1.807) is 12.2 Å². The lowest BCUT2D eigenvalue weighted by molar-refractivity contribution is -0.137. The molecule has 0 rings (SSSR count). The maximum Gasteiger partial charge on any atom is 0.303 e. The van der Waals surface area contributed by atoms with Crippen LogP contribution in [0, 0.1) is 11.8 Å². The second-order valence-electron chi connectivity index (χ2n) is 4.70. The second-order valence-corrected chi connectivity index (χ2v) is 4.70. The second kappa shape index (κ2) is 13.2. The zero-order valence-electron chi connectivity index (χ0n) is 11.9. The normalized spacial score (nSPS) is 12.1. The molecule has 0 aromatic carbocycles. The Labute approximate surface area is 116 Å². The van der Waals surface area contributed by atoms with Crippen LogP contribution in [0.25, 0.3) is 0 Å². The number of rotatable bonds is 10. The molecule has 0 radical (unpaired) electrons. The summed E-state index contributed by atoms with van der Waals surface area (Å²) in [6, 6.07) is 0. The molecule has 1 atom stereocenters. The molecule has 108 valence electrons. The Bertz CT molecular complexity index is 310. The van der Waals surface area contributed by atoms with Crippen molar-refractivity contribution in [1.29, 1.82) is 0 Å². The van der Waals surface area contributed by atoms with Crippen LogP contribution in [0.1, 0.15) is 64.7 Å². The van der Waals surface area contributed by atoms with Crippen LogP contribution in [0.3, 0.4) is 0 Å². The number of hydrogen-bond donors (Lipinski definition) is 2. The highest BCUT2D eigenvalue weighted by atomic mass is 16.4. The molecular formula is C16H26O3. The van der Waals surface area contributed by atoms with Crippen molar-refractivity contribution in [3.8, 4) is 11.8 Å². The van der Waals surface area contributed by atoms with E-state index in [2.05, 4.69) is 18.8 Å². The Morgan fingerprint density at radius 2 is 2.00 bits per heavy atom. The maximum atomic E-state index is 10.3. The van der Waals surface area contributed by atoms with E-state index >= 15 is 0 Å². The smallest absolute Gasteiger partial charge is 0.303 e. The third-order valence-corrected chi connectivity index (χ3v) is 2.80. The lowest BCUT2D eigenvalue weighted by Gasteiger charge is -2.02. The van der Waals surface area contributed by atoms with Crippen LogP contribution in [0.15, 0.2) is 12.2 Å². The SMILES string of the molecule is CCCCC[C@H](O)/C=C/C#CCCCCCC(=O)O. The molecular weight excluding hydrogens is 240 g/mol. The zero-order chi connectivity index (χ0) is 14.3. The Balaban J connectivity index is 3.49. The van der Waals surface area contributed by atoms with E-state index in [4.69, 9.17) is 5.11 Å².